The van der Waals surface area contributed by atoms with Gasteiger partial charge in [0.05, 0.1) is 33.2 Å². The van der Waals surface area contributed by atoms with Gasteiger partial charge in [0, 0.05) is 11.6 Å². The summed E-state index contributed by atoms with van der Waals surface area (Å²) in [7, 11) is 4.49. The Morgan fingerprint density at radius 3 is 2.35 bits per heavy atom. The molecule has 2 aromatic carbocycles. The number of nitrogens with zero attached hydrogens (tertiary/aromatic N) is 1. The fraction of sp³-hybridized carbons (Fsp3) is 0.167. The number of carbonyl (C=O) groups is 2. The van der Waals surface area contributed by atoms with Crippen molar-refractivity contribution in [2.45, 2.75) is 0 Å². The van der Waals surface area contributed by atoms with Gasteiger partial charge in [0.1, 0.15) is 17.2 Å². The molecule has 0 aliphatic rings. The minimum Gasteiger partial charge on any atom is -0.497 e. The van der Waals surface area contributed by atoms with E-state index in [0.29, 0.717) is 28.5 Å². The third-order valence-electron chi connectivity index (χ3n) is 3.37. The molecule has 2 aromatic rings. The van der Waals surface area contributed by atoms with Crippen molar-refractivity contribution in [3.63, 3.8) is 0 Å². The second kappa shape index (κ2) is 9.07. The maximum absolute atomic E-state index is 12.0. The predicted octanol–water partition coefficient (Wildman–Crippen LogP) is 1.80. The zero-order chi connectivity index (χ0) is 18.9. The van der Waals surface area contributed by atoms with Gasteiger partial charge in [-0.1, -0.05) is 12.1 Å². The highest BCUT2D eigenvalue weighted by atomic mass is 16.5. The summed E-state index contributed by atoms with van der Waals surface area (Å²) in [4.78, 5) is 23.9. The van der Waals surface area contributed by atoms with Crippen molar-refractivity contribution in [2.24, 2.45) is 5.10 Å². The Labute approximate surface area is 150 Å². The van der Waals surface area contributed by atoms with E-state index in [1.807, 2.05) is 6.07 Å². The van der Waals surface area contributed by atoms with Crippen molar-refractivity contribution in [2.75, 3.05) is 26.6 Å². The topological polar surface area (TPSA) is 98.2 Å². The van der Waals surface area contributed by atoms with Crippen LogP contribution in [0.3, 0.4) is 0 Å². The van der Waals surface area contributed by atoms with Crippen LogP contribution in [0.2, 0.25) is 0 Å². The predicted molar refractivity (Wildman–Crippen MR) is 96.9 cm³/mol. The number of ether oxygens (including phenoxy) is 3. The van der Waals surface area contributed by atoms with Crippen molar-refractivity contribution in [3.05, 3.63) is 48.0 Å². The first-order valence-corrected chi connectivity index (χ1v) is 7.58. The summed E-state index contributed by atoms with van der Waals surface area (Å²) in [5, 5.41) is 6.22. The van der Waals surface area contributed by atoms with Crippen LogP contribution in [0.5, 0.6) is 17.2 Å². The molecule has 0 radical (unpaired) electrons. The molecule has 0 aliphatic carbocycles. The summed E-state index contributed by atoms with van der Waals surface area (Å²) >= 11 is 0. The van der Waals surface area contributed by atoms with Crippen LogP contribution in [0.1, 0.15) is 5.56 Å². The van der Waals surface area contributed by atoms with E-state index >= 15 is 0 Å². The van der Waals surface area contributed by atoms with Crippen molar-refractivity contribution in [1.29, 1.82) is 0 Å². The van der Waals surface area contributed by atoms with Crippen LogP contribution in [0, 0.1) is 0 Å². The van der Waals surface area contributed by atoms with Crippen LogP contribution in [-0.2, 0) is 9.59 Å². The first kappa shape index (κ1) is 18.8. The molecule has 0 bridgehead atoms. The number of anilines is 1. The van der Waals surface area contributed by atoms with E-state index in [4.69, 9.17) is 14.2 Å². The normalized spacial score (nSPS) is 10.3. The highest BCUT2D eigenvalue weighted by Crippen LogP contribution is 2.28. The van der Waals surface area contributed by atoms with Gasteiger partial charge in [-0.2, -0.15) is 5.10 Å². The molecular formula is C18H19N3O5. The lowest BCUT2D eigenvalue weighted by molar-refractivity contribution is -0.136. The Balaban J connectivity index is 2.00. The van der Waals surface area contributed by atoms with Crippen LogP contribution < -0.4 is 25.0 Å². The van der Waals surface area contributed by atoms with Crippen molar-refractivity contribution >= 4 is 23.7 Å². The zero-order valence-electron chi connectivity index (χ0n) is 14.6. The van der Waals surface area contributed by atoms with E-state index in [-0.39, 0.29) is 0 Å². The number of amides is 2. The molecule has 0 atom stereocenters. The second-order valence-corrected chi connectivity index (χ2v) is 4.96. The van der Waals surface area contributed by atoms with Crippen molar-refractivity contribution in [3.8, 4) is 17.2 Å². The summed E-state index contributed by atoms with van der Waals surface area (Å²) < 4.78 is 15.4. The second-order valence-electron chi connectivity index (χ2n) is 4.96. The number of hydrogen-bond acceptors (Lipinski definition) is 6. The zero-order valence-corrected chi connectivity index (χ0v) is 14.6. The lowest BCUT2D eigenvalue weighted by Gasteiger charge is -2.10. The van der Waals surface area contributed by atoms with Gasteiger partial charge in [0.15, 0.2) is 0 Å². The van der Waals surface area contributed by atoms with Crippen LogP contribution in [0.15, 0.2) is 47.6 Å². The first-order chi connectivity index (χ1) is 12.6. The molecule has 2 amide bonds. The third kappa shape index (κ3) is 4.73. The van der Waals surface area contributed by atoms with Gasteiger partial charge in [0.2, 0.25) is 0 Å². The molecule has 2 rings (SSSR count). The molecule has 8 nitrogen and oxygen atoms in total. The van der Waals surface area contributed by atoms with Gasteiger partial charge in [0.25, 0.3) is 0 Å². The Hall–Kier alpha value is -3.55. The molecule has 0 spiro atoms. The van der Waals surface area contributed by atoms with Gasteiger partial charge in [-0.3, -0.25) is 9.59 Å². The first-order valence-electron chi connectivity index (χ1n) is 7.58. The average Bonchev–Trinajstić information content (AvgIpc) is 2.68. The Morgan fingerprint density at radius 1 is 0.923 bits per heavy atom. The van der Waals surface area contributed by atoms with E-state index in [9.17, 15) is 9.59 Å². The standard InChI is InChI=1S/C18H19N3O5/c1-24-13-8-9-14(16(10-13)26-3)20-17(22)18(23)21-19-11-12-6-4-5-7-15(12)25-2/h4-11H,1-3H3,(H,20,22)(H,21,23). The lowest BCUT2D eigenvalue weighted by atomic mass is 10.2. The van der Waals surface area contributed by atoms with Gasteiger partial charge < -0.3 is 19.5 Å². The van der Waals surface area contributed by atoms with Crippen molar-refractivity contribution in [1.82, 2.24) is 5.43 Å². The molecule has 0 saturated carbocycles. The summed E-state index contributed by atoms with van der Waals surface area (Å²) in [6, 6.07) is 11.9. The molecule has 0 aromatic heterocycles. The summed E-state index contributed by atoms with van der Waals surface area (Å²) in [6.07, 6.45) is 1.39. The fourth-order valence-corrected chi connectivity index (χ4v) is 2.07. The lowest BCUT2D eigenvalue weighted by Crippen LogP contribution is -2.32. The monoisotopic (exact) mass is 357 g/mol. The molecule has 0 unspecified atom stereocenters. The number of hydrazone groups is 1. The molecule has 0 fully saturated rings. The minimum absolute atomic E-state index is 0.335. The molecule has 8 heteroatoms. The van der Waals surface area contributed by atoms with Crippen LogP contribution in [0.4, 0.5) is 5.69 Å². The van der Waals surface area contributed by atoms with Crippen molar-refractivity contribution < 1.29 is 23.8 Å². The van der Waals surface area contributed by atoms with E-state index < -0.39 is 11.8 Å². The minimum atomic E-state index is -0.922. The maximum Gasteiger partial charge on any atom is 0.329 e. The molecule has 26 heavy (non-hydrogen) atoms. The van der Waals surface area contributed by atoms with Crippen LogP contribution in [0.25, 0.3) is 0 Å². The number of methoxy groups -OCH3 is 3. The molecule has 0 saturated heterocycles. The largest absolute Gasteiger partial charge is 0.497 e. The number of hydrogen-bond donors (Lipinski definition) is 2. The number of nitrogens with one attached hydrogen (secondary N) is 2. The van der Waals surface area contributed by atoms with Gasteiger partial charge in [-0.15, -0.1) is 0 Å². The summed E-state index contributed by atoms with van der Waals surface area (Å²) in [5.41, 5.74) is 3.15. The molecule has 0 heterocycles. The van der Waals surface area contributed by atoms with Crippen LogP contribution >= 0.6 is 0 Å². The summed E-state index contributed by atoms with van der Waals surface area (Å²) in [5.74, 6) is -0.286. The number of benzene rings is 2. The average molecular weight is 357 g/mol. The quantitative estimate of drug-likeness (QED) is 0.467. The summed E-state index contributed by atoms with van der Waals surface area (Å²) in [6.45, 7) is 0. The SMILES string of the molecule is COc1ccc(NC(=O)C(=O)NN=Cc2ccccc2OC)c(OC)c1. The Bertz CT molecular complexity index is 820. The number of rotatable bonds is 6. The Morgan fingerprint density at radius 2 is 1.65 bits per heavy atom. The molecular weight excluding hydrogens is 338 g/mol. The molecule has 2 N–H and O–H groups in total. The fourth-order valence-electron chi connectivity index (χ4n) is 2.07. The molecule has 0 aliphatic heterocycles. The smallest absolute Gasteiger partial charge is 0.329 e. The highest BCUT2D eigenvalue weighted by Gasteiger charge is 2.15. The van der Waals surface area contributed by atoms with Gasteiger partial charge in [-0.05, 0) is 24.3 Å². The van der Waals surface area contributed by atoms with Crippen LogP contribution in [-0.4, -0.2) is 39.4 Å². The maximum atomic E-state index is 12.0. The molecule has 136 valence electrons. The van der Waals surface area contributed by atoms with Gasteiger partial charge in [-0.25, -0.2) is 5.43 Å². The Kier molecular flexibility index (Phi) is 6.55. The third-order valence-corrected chi connectivity index (χ3v) is 3.37. The van der Waals surface area contributed by atoms with Gasteiger partial charge >= 0.3 is 11.8 Å². The number of para-hydroxylation sites is 1. The van der Waals surface area contributed by atoms with E-state index in [1.54, 1.807) is 36.4 Å². The number of carbonyl (C=O) groups excluding carboxylic acids is 2. The highest BCUT2D eigenvalue weighted by molar-refractivity contribution is 6.39. The van der Waals surface area contributed by atoms with E-state index in [0.717, 1.165) is 0 Å². The van der Waals surface area contributed by atoms with E-state index in [2.05, 4.69) is 15.8 Å². The van der Waals surface area contributed by atoms with E-state index in [1.165, 1.54) is 27.5 Å².